The molecule has 2 atom stereocenters. The number of fused-ring (bicyclic) bond motifs is 4. The molecule has 2 saturated heterocycles. The van der Waals surface area contributed by atoms with Gasteiger partial charge in [0.05, 0.1) is 35.5 Å². The Morgan fingerprint density at radius 1 is 1.36 bits per heavy atom. The maximum absolute atomic E-state index is 12.4. The number of urea groups is 1. The minimum Gasteiger partial charge on any atom is -0.493 e. The number of thiazole rings is 1. The Labute approximate surface area is 131 Å². The van der Waals surface area contributed by atoms with Crippen molar-refractivity contribution in [2.24, 2.45) is 0 Å². The van der Waals surface area contributed by atoms with Gasteiger partial charge in [-0.3, -0.25) is 4.90 Å². The lowest BCUT2D eigenvalue weighted by Crippen LogP contribution is -2.44. The van der Waals surface area contributed by atoms with E-state index in [-0.39, 0.29) is 18.1 Å². The van der Waals surface area contributed by atoms with Crippen LogP contribution in [0.15, 0.2) is 12.1 Å². The summed E-state index contributed by atoms with van der Waals surface area (Å²) in [5.41, 5.74) is 2.14. The highest BCUT2D eigenvalue weighted by molar-refractivity contribution is 7.22. The summed E-state index contributed by atoms with van der Waals surface area (Å²) in [6, 6.07) is 4.19. The Morgan fingerprint density at radius 3 is 3.27 bits per heavy atom. The number of amides is 2. The van der Waals surface area contributed by atoms with Crippen molar-refractivity contribution in [1.29, 1.82) is 0 Å². The zero-order valence-corrected chi connectivity index (χ0v) is 12.7. The third-order valence-corrected chi connectivity index (χ3v) is 5.63. The number of carbonyl (C=O) groups excluding carboxylic acids is 1. The van der Waals surface area contributed by atoms with Gasteiger partial charge in [0, 0.05) is 18.6 Å². The second-order valence-corrected chi connectivity index (χ2v) is 6.85. The van der Waals surface area contributed by atoms with Crippen LogP contribution >= 0.6 is 11.3 Å². The van der Waals surface area contributed by atoms with Crippen molar-refractivity contribution in [1.82, 2.24) is 10.3 Å². The Morgan fingerprint density at radius 2 is 2.32 bits per heavy atom. The summed E-state index contributed by atoms with van der Waals surface area (Å²) in [5.74, 6) is 0.925. The maximum atomic E-state index is 12.4. The lowest BCUT2D eigenvalue weighted by molar-refractivity contribution is 0.0738. The van der Waals surface area contributed by atoms with E-state index < -0.39 is 0 Å². The van der Waals surface area contributed by atoms with Gasteiger partial charge in [-0.25, -0.2) is 9.78 Å². The number of hydrogen-bond acceptors (Lipinski definition) is 5. The topological polar surface area (TPSA) is 63.7 Å². The van der Waals surface area contributed by atoms with Gasteiger partial charge in [0.1, 0.15) is 5.75 Å². The van der Waals surface area contributed by atoms with Crippen molar-refractivity contribution in [3.63, 3.8) is 0 Å². The molecule has 4 heterocycles. The first kappa shape index (κ1) is 12.7. The molecule has 0 saturated carbocycles. The van der Waals surface area contributed by atoms with Gasteiger partial charge >= 0.3 is 6.03 Å². The molecule has 2 fully saturated rings. The number of aromatic nitrogens is 1. The highest BCUT2D eigenvalue weighted by Crippen LogP contribution is 2.39. The van der Waals surface area contributed by atoms with E-state index in [4.69, 9.17) is 14.5 Å². The van der Waals surface area contributed by atoms with Crippen LogP contribution in [0.1, 0.15) is 12.0 Å². The molecule has 0 spiro atoms. The summed E-state index contributed by atoms with van der Waals surface area (Å²) in [4.78, 5) is 18.9. The van der Waals surface area contributed by atoms with E-state index in [2.05, 4.69) is 5.32 Å². The Hall–Kier alpha value is -1.86. The van der Waals surface area contributed by atoms with Gasteiger partial charge in [0.15, 0.2) is 5.13 Å². The van der Waals surface area contributed by atoms with Crippen LogP contribution in [0.4, 0.5) is 9.93 Å². The van der Waals surface area contributed by atoms with Crippen molar-refractivity contribution in [3.8, 4) is 5.75 Å². The quantitative estimate of drug-likeness (QED) is 0.873. The molecule has 2 aromatic rings. The number of anilines is 1. The summed E-state index contributed by atoms with van der Waals surface area (Å²) in [7, 11) is 0. The van der Waals surface area contributed by atoms with Gasteiger partial charge in [-0.2, -0.15) is 0 Å². The van der Waals surface area contributed by atoms with Crippen molar-refractivity contribution >= 4 is 32.7 Å². The van der Waals surface area contributed by atoms with E-state index in [1.165, 1.54) is 0 Å². The monoisotopic (exact) mass is 317 g/mol. The van der Waals surface area contributed by atoms with E-state index in [0.29, 0.717) is 19.8 Å². The fraction of sp³-hybridized carbons (Fsp3) is 0.467. The number of hydrogen-bond donors (Lipinski definition) is 1. The maximum Gasteiger partial charge on any atom is 0.324 e. The molecule has 1 aromatic heterocycles. The molecule has 1 N–H and O–H groups in total. The SMILES string of the molecule is O=C1N[C@@H]2CCOC[C@H]2N1c1nc2c3c(ccc2s1)OCC3. The van der Waals surface area contributed by atoms with Crippen LogP contribution in [0.25, 0.3) is 10.2 Å². The largest absolute Gasteiger partial charge is 0.493 e. The number of rotatable bonds is 1. The molecule has 7 heteroatoms. The smallest absolute Gasteiger partial charge is 0.324 e. The van der Waals surface area contributed by atoms with Crippen molar-refractivity contribution in [3.05, 3.63) is 17.7 Å². The van der Waals surface area contributed by atoms with Crippen molar-refractivity contribution < 1.29 is 14.3 Å². The normalized spacial score (nSPS) is 26.7. The molecule has 22 heavy (non-hydrogen) atoms. The molecule has 1 aromatic carbocycles. The number of carbonyl (C=O) groups is 1. The number of nitrogens with one attached hydrogen (secondary N) is 1. The predicted molar refractivity (Wildman–Crippen MR) is 82.8 cm³/mol. The van der Waals surface area contributed by atoms with Gasteiger partial charge in [-0.1, -0.05) is 11.3 Å². The van der Waals surface area contributed by atoms with E-state index in [1.54, 1.807) is 16.2 Å². The summed E-state index contributed by atoms with van der Waals surface area (Å²) in [6.45, 7) is 1.99. The Kier molecular flexibility index (Phi) is 2.63. The zero-order valence-electron chi connectivity index (χ0n) is 11.9. The van der Waals surface area contributed by atoms with Crippen LogP contribution in [0.3, 0.4) is 0 Å². The van der Waals surface area contributed by atoms with Gasteiger partial charge in [-0.05, 0) is 18.6 Å². The molecule has 3 aliphatic rings. The molecule has 0 bridgehead atoms. The number of ether oxygens (including phenoxy) is 2. The van der Waals surface area contributed by atoms with Crippen LogP contribution in [-0.2, 0) is 11.2 Å². The van der Waals surface area contributed by atoms with Crippen LogP contribution in [-0.4, -0.2) is 42.9 Å². The third kappa shape index (κ3) is 1.69. The second kappa shape index (κ2) is 4.57. The molecular formula is C15H15N3O3S. The lowest BCUT2D eigenvalue weighted by Gasteiger charge is -2.28. The van der Waals surface area contributed by atoms with E-state index in [1.807, 2.05) is 12.1 Å². The van der Waals surface area contributed by atoms with Crippen molar-refractivity contribution in [2.45, 2.75) is 24.9 Å². The number of nitrogens with zero attached hydrogens (tertiary/aromatic N) is 2. The first-order valence-electron chi connectivity index (χ1n) is 7.54. The van der Waals surface area contributed by atoms with Crippen LogP contribution in [0.2, 0.25) is 0 Å². The first-order chi connectivity index (χ1) is 10.8. The zero-order chi connectivity index (χ0) is 14.7. The van der Waals surface area contributed by atoms with Gasteiger partial charge in [0.2, 0.25) is 0 Å². The summed E-state index contributed by atoms with van der Waals surface area (Å²) >= 11 is 1.56. The molecule has 0 unspecified atom stereocenters. The first-order valence-corrected chi connectivity index (χ1v) is 8.35. The second-order valence-electron chi connectivity index (χ2n) is 5.84. The van der Waals surface area contributed by atoms with E-state index in [9.17, 15) is 4.79 Å². The molecule has 0 radical (unpaired) electrons. The predicted octanol–water partition coefficient (Wildman–Crippen LogP) is 1.92. The fourth-order valence-electron chi connectivity index (χ4n) is 3.51. The average Bonchev–Trinajstić information content (AvgIpc) is 3.20. The summed E-state index contributed by atoms with van der Waals surface area (Å²) in [5, 5.41) is 3.81. The highest BCUT2D eigenvalue weighted by Gasteiger charge is 2.43. The highest BCUT2D eigenvalue weighted by atomic mass is 32.1. The third-order valence-electron chi connectivity index (χ3n) is 4.61. The Balaban J connectivity index is 1.60. The molecule has 3 aliphatic heterocycles. The van der Waals surface area contributed by atoms with Crippen LogP contribution < -0.4 is 15.0 Å². The molecule has 2 amide bonds. The minimum absolute atomic E-state index is 0.0473. The molecule has 0 aliphatic carbocycles. The summed E-state index contributed by atoms with van der Waals surface area (Å²) < 4.78 is 12.3. The fourth-order valence-corrected chi connectivity index (χ4v) is 4.57. The van der Waals surface area contributed by atoms with E-state index in [0.717, 1.165) is 39.5 Å². The van der Waals surface area contributed by atoms with Crippen LogP contribution in [0, 0.1) is 0 Å². The standard InChI is InChI=1S/C15H15N3O3S/c19-14-16-9-4-5-20-7-10(9)18(14)15-17-13-8-3-6-21-11(8)1-2-12(13)22-15/h1-2,9-10H,3-7H2,(H,16,19)/t9-,10-/m1/s1. The van der Waals surface area contributed by atoms with Gasteiger partial charge in [-0.15, -0.1) is 0 Å². The molecule has 114 valence electrons. The summed E-state index contributed by atoms with van der Waals surface area (Å²) in [6.07, 6.45) is 1.75. The van der Waals surface area contributed by atoms with E-state index >= 15 is 0 Å². The Bertz CT molecular complexity index is 775. The molecule has 6 nitrogen and oxygen atoms in total. The van der Waals surface area contributed by atoms with Crippen LogP contribution in [0.5, 0.6) is 5.75 Å². The minimum atomic E-state index is -0.0625. The number of benzene rings is 1. The van der Waals surface area contributed by atoms with Gasteiger partial charge < -0.3 is 14.8 Å². The van der Waals surface area contributed by atoms with Crippen molar-refractivity contribution in [2.75, 3.05) is 24.7 Å². The molecule has 5 rings (SSSR count). The average molecular weight is 317 g/mol. The van der Waals surface area contributed by atoms with Gasteiger partial charge in [0.25, 0.3) is 0 Å². The lowest BCUT2D eigenvalue weighted by atomic mass is 10.1. The molecular weight excluding hydrogens is 302 g/mol.